The summed E-state index contributed by atoms with van der Waals surface area (Å²) >= 11 is 5.34. The summed E-state index contributed by atoms with van der Waals surface area (Å²) in [5.41, 5.74) is 4.68. The number of thiocarbonyl (C=S) groups is 1. The first-order valence-electron chi connectivity index (χ1n) is 7.87. The third-order valence-corrected chi connectivity index (χ3v) is 3.82. The number of ether oxygens (including phenoxy) is 1. The van der Waals surface area contributed by atoms with Crippen LogP contribution < -0.4 is 10.6 Å². The topological polar surface area (TPSA) is 50.4 Å². The number of carbonyl (C=O) groups is 1. The predicted octanol–water partition coefficient (Wildman–Crippen LogP) is 3.97. The molecule has 4 nitrogen and oxygen atoms in total. The highest BCUT2D eigenvalue weighted by molar-refractivity contribution is 7.80. The fourth-order valence-corrected chi connectivity index (χ4v) is 2.33. The number of rotatable bonds is 5. The van der Waals surface area contributed by atoms with Crippen molar-refractivity contribution in [3.8, 4) is 0 Å². The minimum Gasteiger partial charge on any atom is -0.462 e. The van der Waals surface area contributed by atoms with Crippen molar-refractivity contribution in [1.82, 2.24) is 5.32 Å². The zero-order chi connectivity index (χ0) is 17.5. The maximum Gasteiger partial charge on any atom is 0.338 e. The summed E-state index contributed by atoms with van der Waals surface area (Å²) in [4.78, 5) is 11.8. The second-order valence-corrected chi connectivity index (χ2v) is 5.95. The van der Waals surface area contributed by atoms with Gasteiger partial charge in [-0.1, -0.05) is 35.9 Å². The molecule has 2 aromatic rings. The van der Waals surface area contributed by atoms with E-state index in [0.717, 1.165) is 16.8 Å². The summed E-state index contributed by atoms with van der Waals surface area (Å²) in [6, 6.07) is 13.7. The maximum absolute atomic E-state index is 11.8. The minimum absolute atomic E-state index is 0.334. The van der Waals surface area contributed by atoms with Gasteiger partial charge in [0.15, 0.2) is 5.11 Å². The van der Waals surface area contributed by atoms with Crippen molar-refractivity contribution >= 4 is 29.0 Å². The average Bonchev–Trinajstić information content (AvgIpc) is 2.56. The lowest BCUT2D eigenvalue weighted by Crippen LogP contribution is -2.28. The largest absolute Gasteiger partial charge is 0.462 e. The van der Waals surface area contributed by atoms with Gasteiger partial charge in [0.1, 0.15) is 0 Å². The molecule has 0 bridgehead atoms. The molecule has 0 aliphatic rings. The minimum atomic E-state index is -0.334. The number of anilines is 1. The molecular formula is C19H22N2O2S. The van der Waals surface area contributed by atoms with Crippen molar-refractivity contribution in [3.63, 3.8) is 0 Å². The molecule has 0 saturated carbocycles. The van der Waals surface area contributed by atoms with Crippen LogP contribution in [0.1, 0.15) is 34.0 Å². The van der Waals surface area contributed by atoms with Crippen LogP contribution >= 0.6 is 12.2 Å². The van der Waals surface area contributed by atoms with Crippen LogP contribution in [0.2, 0.25) is 0 Å². The SMILES string of the molecule is CCOC(=O)c1ccc(C)c(NC(=S)NCc2ccc(C)cc2)c1. The number of benzene rings is 2. The van der Waals surface area contributed by atoms with Gasteiger partial charge in [-0.3, -0.25) is 0 Å². The molecule has 0 radical (unpaired) electrons. The van der Waals surface area contributed by atoms with Crippen LogP contribution in [0, 0.1) is 13.8 Å². The van der Waals surface area contributed by atoms with Gasteiger partial charge in [0.2, 0.25) is 0 Å². The summed E-state index contributed by atoms with van der Waals surface area (Å²) in [6.07, 6.45) is 0. The van der Waals surface area contributed by atoms with E-state index in [1.807, 2.05) is 13.0 Å². The van der Waals surface area contributed by atoms with Crippen molar-refractivity contribution < 1.29 is 9.53 Å². The third-order valence-electron chi connectivity index (χ3n) is 3.57. The molecule has 0 spiro atoms. The molecule has 0 amide bonds. The van der Waals surface area contributed by atoms with E-state index in [1.54, 1.807) is 19.1 Å². The predicted molar refractivity (Wildman–Crippen MR) is 101 cm³/mol. The maximum atomic E-state index is 11.8. The number of hydrogen-bond donors (Lipinski definition) is 2. The van der Waals surface area contributed by atoms with Crippen LogP contribution in [-0.2, 0) is 11.3 Å². The number of esters is 1. The van der Waals surface area contributed by atoms with Gasteiger partial charge in [0, 0.05) is 12.2 Å². The molecule has 0 fully saturated rings. The van der Waals surface area contributed by atoms with Crippen LogP contribution in [0.25, 0.3) is 0 Å². The molecule has 2 aromatic carbocycles. The third kappa shape index (κ3) is 5.06. The Bertz CT molecular complexity index is 727. The molecule has 0 unspecified atom stereocenters. The van der Waals surface area contributed by atoms with E-state index in [-0.39, 0.29) is 5.97 Å². The molecule has 0 saturated heterocycles. The highest BCUT2D eigenvalue weighted by atomic mass is 32.1. The number of aryl methyl sites for hydroxylation is 2. The van der Waals surface area contributed by atoms with E-state index >= 15 is 0 Å². The van der Waals surface area contributed by atoms with E-state index in [9.17, 15) is 4.79 Å². The van der Waals surface area contributed by atoms with Crippen molar-refractivity contribution in [2.45, 2.75) is 27.3 Å². The second kappa shape index (κ2) is 8.45. The van der Waals surface area contributed by atoms with Crippen molar-refractivity contribution in [2.24, 2.45) is 0 Å². The van der Waals surface area contributed by atoms with Crippen LogP contribution in [0.15, 0.2) is 42.5 Å². The summed E-state index contributed by atoms with van der Waals surface area (Å²) < 4.78 is 5.03. The molecular weight excluding hydrogens is 320 g/mol. The second-order valence-electron chi connectivity index (χ2n) is 5.54. The van der Waals surface area contributed by atoms with Crippen molar-refractivity contribution in [3.05, 3.63) is 64.7 Å². The zero-order valence-corrected chi connectivity index (χ0v) is 15.0. The molecule has 126 valence electrons. The van der Waals surface area contributed by atoms with E-state index in [1.165, 1.54) is 5.56 Å². The van der Waals surface area contributed by atoms with Crippen LogP contribution in [0.5, 0.6) is 0 Å². The standard InChI is InChI=1S/C19H22N2O2S/c1-4-23-18(22)16-10-7-14(3)17(11-16)21-19(24)20-12-15-8-5-13(2)6-9-15/h5-11H,4,12H2,1-3H3,(H2,20,21,24). The first kappa shape index (κ1) is 17.9. The Labute approximate surface area is 148 Å². The first-order valence-corrected chi connectivity index (χ1v) is 8.28. The van der Waals surface area contributed by atoms with Gasteiger partial charge in [-0.2, -0.15) is 0 Å². The van der Waals surface area contributed by atoms with Gasteiger partial charge in [-0.05, 0) is 56.2 Å². The van der Waals surface area contributed by atoms with Crippen LogP contribution in [0.3, 0.4) is 0 Å². The van der Waals surface area contributed by atoms with Gasteiger partial charge >= 0.3 is 5.97 Å². The fraction of sp³-hybridized carbons (Fsp3) is 0.263. The molecule has 0 heterocycles. The molecule has 0 atom stereocenters. The normalized spacial score (nSPS) is 10.1. The highest BCUT2D eigenvalue weighted by Gasteiger charge is 2.09. The molecule has 5 heteroatoms. The van der Waals surface area contributed by atoms with Gasteiger partial charge < -0.3 is 15.4 Å². The molecule has 0 aliphatic heterocycles. The van der Waals surface area contributed by atoms with Crippen molar-refractivity contribution in [1.29, 1.82) is 0 Å². The summed E-state index contributed by atoms with van der Waals surface area (Å²) in [5.74, 6) is -0.334. The van der Waals surface area contributed by atoms with Crippen LogP contribution in [0.4, 0.5) is 5.69 Å². The Hall–Kier alpha value is -2.40. The Balaban J connectivity index is 1.98. The Morgan fingerprint density at radius 3 is 2.50 bits per heavy atom. The lowest BCUT2D eigenvalue weighted by Gasteiger charge is -2.14. The van der Waals surface area contributed by atoms with Gasteiger partial charge in [-0.25, -0.2) is 4.79 Å². The van der Waals surface area contributed by atoms with E-state index in [2.05, 4.69) is 41.8 Å². The van der Waals surface area contributed by atoms with Crippen molar-refractivity contribution in [2.75, 3.05) is 11.9 Å². The summed E-state index contributed by atoms with van der Waals surface area (Å²) in [5, 5.41) is 6.83. The smallest absolute Gasteiger partial charge is 0.338 e. The molecule has 2 N–H and O–H groups in total. The lowest BCUT2D eigenvalue weighted by atomic mass is 10.1. The zero-order valence-electron chi connectivity index (χ0n) is 14.2. The summed E-state index contributed by atoms with van der Waals surface area (Å²) in [6.45, 7) is 6.80. The van der Waals surface area contributed by atoms with Gasteiger partial charge in [0.05, 0.1) is 12.2 Å². The first-order chi connectivity index (χ1) is 11.5. The van der Waals surface area contributed by atoms with Crippen LogP contribution in [-0.4, -0.2) is 17.7 Å². The molecule has 0 aromatic heterocycles. The van der Waals surface area contributed by atoms with E-state index in [0.29, 0.717) is 23.8 Å². The van der Waals surface area contributed by atoms with E-state index in [4.69, 9.17) is 17.0 Å². The fourth-order valence-electron chi connectivity index (χ4n) is 2.15. The average molecular weight is 342 g/mol. The lowest BCUT2D eigenvalue weighted by molar-refractivity contribution is 0.0526. The quantitative estimate of drug-likeness (QED) is 0.636. The van der Waals surface area contributed by atoms with E-state index < -0.39 is 0 Å². The Morgan fingerprint density at radius 2 is 1.83 bits per heavy atom. The molecule has 0 aliphatic carbocycles. The molecule has 24 heavy (non-hydrogen) atoms. The number of hydrogen-bond acceptors (Lipinski definition) is 3. The Morgan fingerprint density at radius 1 is 1.12 bits per heavy atom. The monoisotopic (exact) mass is 342 g/mol. The summed E-state index contributed by atoms with van der Waals surface area (Å²) in [7, 11) is 0. The highest BCUT2D eigenvalue weighted by Crippen LogP contribution is 2.17. The van der Waals surface area contributed by atoms with Gasteiger partial charge in [0.25, 0.3) is 0 Å². The molecule has 2 rings (SSSR count). The van der Waals surface area contributed by atoms with Gasteiger partial charge in [-0.15, -0.1) is 0 Å². The number of nitrogens with one attached hydrogen (secondary N) is 2. The number of carbonyl (C=O) groups excluding carboxylic acids is 1. The Kier molecular flexibility index (Phi) is 6.32.